The molecular formula is C12H12Cl2N2O3S2. The first-order valence-electron chi connectivity index (χ1n) is 5.82. The van der Waals surface area contributed by atoms with Crippen LogP contribution in [0.2, 0.25) is 10.0 Å². The molecular weight excluding hydrogens is 355 g/mol. The predicted molar refractivity (Wildman–Crippen MR) is 83.9 cm³/mol. The predicted octanol–water partition coefficient (Wildman–Crippen LogP) is 3.03. The van der Waals surface area contributed by atoms with Gasteiger partial charge in [0.2, 0.25) is 10.0 Å². The number of ether oxygens (including phenoxy) is 1. The first kappa shape index (κ1) is 16.5. The number of primary sulfonamides is 1. The lowest BCUT2D eigenvalue weighted by molar-refractivity contribution is 0.322. The van der Waals surface area contributed by atoms with Gasteiger partial charge in [0.15, 0.2) is 0 Å². The molecule has 9 heteroatoms. The number of hydrogen-bond acceptors (Lipinski definition) is 5. The zero-order chi connectivity index (χ0) is 15.6. The summed E-state index contributed by atoms with van der Waals surface area (Å²) in [6, 6.07) is 2.54. The van der Waals surface area contributed by atoms with E-state index in [-0.39, 0.29) is 14.9 Å². The number of thiazole rings is 1. The standard InChI is InChI=1S/C12H12Cl2N2O3S2/c1-7-11(20-6-16-7)2-3-19-10-4-9(14)12(5-8(10)13)21(15,17)18/h4-6H,2-3H2,1H3,(H2,15,17,18). The molecule has 0 fully saturated rings. The van der Waals surface area contributed by atoms with Crippen molar-refractivity contribution in [2.75, 3.05) is 6.61 Å². The van der Waals surface area contributed by atoms with Crippen molar-refractivity contribution in [3.8, 4) is 5.75 Å². The van der Waals surface area contributed by atoms with Gasteiger partial charge in [-0.2, -0.15) is 0 Å². The minimum Gasteiger partial charge on any atom is -0.492 e. The summed E-state index contributed by atoms with van der Waals surface area (Å²) in [5.74, 6) is 0.316. The van der Waals surface area contributed by atoms with Gasteiger partial charge in [-0.05, 0) is 13.0 Å². The third-order valence-corrected chi connectivity index (χ3v) is 5.39. The minimum atomic E-state index is -3.91. The van der Waals surface area contributed by atoms with Crippen molar-refractivity contribution in [1.29, 1.82) is 0 Å². The van der Waals surface area contributed by atoms with Crippen molar-refractivity contribution in [2.45, 2.75) is 18.2 Å². The fraction of sp³-hybridized carbons (Fsp3) is 0.250. The van der Waals surface area contributed by atoms with Crippen LogP contribution in [0.3, 0.4) is 0 Å². The fourth-order valence-corrected chi connectivity index (χ4v) is 3.79. The number of aryl methyl sites for hydroxylation is 1. The average molecular weight is 367 g/mol. The van der Waals surface area contributed by atoms with Crippen molar-refractivity contribution in [2.24, 2.45) is 5.14 Å². The van der Waals surface area contributed by atoms with Crippen LogP contribution >= 0.6 is 34.5 Å². The van der Waals surface area contributed by atoms with Crippen molar-refractivity contribution >= 4 is 44.6 Å². The topological polar surface area (TPSA) is 82.3 Å². The van der Waals surface area contributed by atoms with Crippen LogP contribution in [0, 0.1) is 6.92 Å². The Labute approximate surface area is 136 Å². The second-order valence-electron chi connectivity index (χ2n) is 4.22. The van der Waals surface area contributed by atoms with Crippen LogP contribution in [0.15, 0.2) is 22.5 Å². The molecule has 0 atom stereocenters. The van der Waals surface area contributed by atoms with Gasteiger partial charge in [0, 0.05) is 17.4 Å². The molecule has 0 saturated heterocycles. The van der Waals surface area contributed by atoms with Gasteiger partial charge < -0.3 is 4.74 Å². The zero-order valence-electron chi connectivity index (χ0n) is 11.0. The van der Waals surface area contributed by atoms with E-state index in [0.717, 1.165) is 10.6 Å². The van der Waals surface area contributed by atoms with E-state index in [9.17, 15) is 8.42 Å². The highest BCUT2D eigenvalue weighted by atomic mass is 35.5. The van der Waals surface area contributed by atoms with E-state index in [1.54, 1.807) is 16.8 Å². The van der Waals surface area contributed by atoms with Crippen molar-refractivity contribution in [3.63, 3.8) is 0 Å². The van der Waals surface area contributed by atoms with Gasteiger partial charge in [-0.15, -0.1) is 11.3 Å². The molecule has 1 heterocycles. The van der Waals surface area contributed by atoms with E-state index >= 15 is 0 Å². The smallest absolute Gasteiger partial charge is 0.239 e. The van der Waals surface area contributed by atoms with Gasteiger partial charge in [-0.3, -0.25) is 0 Å². The normalized spacial score (nSPS) is 11.6. The molecule has 0 bridgehead atoms. The lowest BCUT2D eigenvalue weighted by atomic mass is 10.3. The largest absolute Gasteiger partial charge is 0.492 e. The fourth-order valence-electron chi connectivity index (χ4n) is 1.66. The summed E-state index contributed by atoms with van der Waals surface area (Å²) >= 11 is 13.4. The summed E-state index contributed by atoms with van der Waals surface area (Å²) in [6.45, 7) is 2.31. The van der Waals surface area contributed by atoms with Gasteiger partial charge in [0.05, 0.1) is 27.9 Å². The summed E-state index contributed by atoms with van der Waals surface area (Å²) in [4.78, 5) is 5.05. The third kappa shape index (κ3) is 4.08. The van der Waals surface area contributed by atoms with Crippen LogP contribution in [0.4, 0.5) is 0 Å². The number of benzene rings is 1. The number of hydrogen-bond donors (Lipinski definition) is 1. The molecule has 1 aromatic heterocycles. The summed E-state index contributed by atoms with van der Waals surface area (Å²) in [5, 5.41) is 5.16. The van der Waals surface area contributed by atoms with E-state index in [2.05, 4.69) is 4.98 Å². The van der Waals surface area contributed by atoms with E-state index in [1.165, 1.54) is 12.1 Å². The van der Waals surface area contributed by atoms with Crippen molar-refractivity contribution in [3.05, 3.63) is 38.3 Å². The lowest BCUT2D eigenvalue weighted by Gasteiger charge is -2.10. The van der Waals surface area contributed by atoms with Gasteiger partial charge >= 0.3 is 0 Å². The molecule has 21 heavy (non-hydrogen) atoms. The molecule has 5 nitrogen and oxygen atoms in total. The molecule has 2 N–H and O–H groups in total. The summed E-state index contributed by atoms with van der Waals surface area (Å²) in [7, 11) is -3.91. The average Bonchev–Trinajstić information content (AvgIpc) is 2.77. The molecule has 0 amide bonds. The number of nitrogens with zero attached hydrogens (tertiary/aromatic N) is 1. The van der Waals surface area contributed by atoms with Crippen LogP contribution in [-0.4, -0.2) is 20.0 Å². The molecule has 2 rings (SSSR count). The Hall–Kier alpha value is -0.860. The molecule has 2 aromatic rings. The van der Waals surface area contributed by atoms with Crippen LogP contribution in [-0.2, 0) is 16.4 Å². The highest BCUT2D eigenvalue weighted by molar-refractivity contribution is 7.89. The Bertz CT molecular complexity index is 760. The molecule has 0 aliphatic carbocycles. The van der Waals surface area contributed by atoms with E-state index in [0.29, 0.717) is 18.8 Å². The molecule has 0 spiro atoms. The molecule has 0 aliphatic heterocycles. The Morgan fingerprint density at radius 2 is 2.05 bits per heavy atom. The molecule has 1 aromatic carbocycles. The van der Waals surface area contributed by atoms with E-state index in [4.69, 9.17) is 33.1 Å². The number of nitrogens with two attached hydrogens (primary N) is 1. The van der Waals surface area contributed by atoms with Crippen LogP contribution in [0.1, 0.15) is 10.6 Å². The summed E-state index contributed by atoms with van der Waals surface area (Å²) in [6.07, 6.45) is 0.682. The molecule has 0 aliphatic rings. The Balaban J connectivity index is 2.11. The van der Waals surface area contributed by atoms with Crippen molar-refractivity contribution < 1.29 is 13.2 Å². The summed E-state index contributed by atoms with van der Waals surface area (Å²) < 4.78 is 28.2. The first-order chi connectivity index (χ1) is 9.79. The van der Waals surface area contributed by atoms with Crippen LogP contribution < -0.4 is 9.88 Å². The second-order valence-corrected chi connectivity index (χ2v) is 7.50. The van der Waals surface area contributed by atoms with Crippen LogP contribution in [0.5, 0.6) is 5.75 Å². The quantitative estimate of drug-likeness (QED) is 0.881. The highest BCUT2D eigenvalue weighted by Gasteiger charge is 2.17. The molecule has 0 radical (unpaired) electrons. The SMILES string of the molecule is Cc1ncsc1CCOc1cc(Cl)c(S(N)(=O)=O)cc1Cl. The van der Waals surface area contributed by atoms with Gasteiger partial charge in [-0.1, -0.05) is 23.2 Å². The molecule has 0 unspecified atom stereocenters. The Morgan fingerprint density at radius 3 is 2.62 bits per heavy atom. The van der Waals surface area contributed by atoms with E-state index < -0.39 is 10.0 Å². The van der Waals surface area contributed by atoms with Gasteiger partial charge in [0.1, 0.15) is 10.6 Å². The van der Waals surface area contributed by atoms with Crippen LogP contribution in [0.25, 0.3) is 0 Å². The lowest BCUT2D eigenvalue weighted by Crippen LogP contribution is -2.13. The first-order valence-corrected chi connectivity index (χ1v) is 9.01. The number of sulfonamides is 1. The van der Waals surface area contributed by atoms with Gasteiger partial charge in [0.25, 0.3) is 0 Å². The second kappa shape index (κ2) is 6.50. The highest BCUT2D eigenvalue weighted by Crippen LogP contribution is 2.33. The molecule has 114 valence electrons. The monoisotopic (exact) mass is 366 g/mol. The Morgan fingerprint density at radius 1 is 1.33 bits per heavy atom. The third-order valence-electron chi connectivity index (χ3n) is 2.72. The summed E-state index contributed by atoms with van der Waals surface area (Å²) in [5.41, 5.74) is 2.74. The van der Waals surface area contributed by atoms with Gasteiger partial charge in [-0.25, -0.2) is 18.5 Å². The maximum Gasteiger partial charge on any atom is 0.239 e. The maximum atomic E-state index is 11.3. The number of halogens is 2. The number of aromatic nitrogens is 1. The Kier molecular flexibility index (Phi) is 5.11. The van der Waals surface area contributed by atoms with E-state index in [1.807, 2.05) is 6.92 Å². The van der Waals surface area contributed by atoms with Crippen molar-refractivity contribution in [1.82, 2.24) is 4.98 Å². The maximum absolute atomic E-state index is 11.3. The minimum absolute atomic E-state index is 0.0223. The number of rotatable bonds is 5. The molecule has 0 saturated carbocycles. The zero-order valence-corrected chi connectivity index (χ0v) is 14.1.